The molecule has 0 N–H and O–H groups in total. The Labute approximate surface area is 86.7 Å². The monoisotopic (exact) mass is 185 g/mol. The molecule has 0 saturated heterocycles. The van der Waals surface area contributed by atoms with Crippen LogP contribution in [0.5, 0.6) is 0 Å². The number of benzene rings is 1. The first-order valence-corrected chi connectivity index (χ1v) is 5.29. The Morgan fingerprint density at radius 2 is 2.14 bits per heavy atom. The predicted molar refractivity (Wildman–Crippen MR) is 61.4 cm³/mol. The highest BCUT2D eigenvalue weighted by Gasteiger charge is 2.26. The molecule has 0 bridgehead atoms. The van der Waals surface area contributed by atoms with Crippen LogP contribution >= 0.6 is 0 Å². The van der Waals surface area contributed by atoms with E-state index in [9.17, 15) is 0 Å². The predicted octanol–water partition coefficient (Wildman–Crippen LogP) is 4.00. The molecule has 0 heterocycles. The molecule has 1 aromatic carbocycles. The van der Waals surface area contributed by atoms with Crippen molar-refractivity contribution in [1.29, 1.82) is 0 Å². The second kappa shape index (κ2) is 3.61. The molecule has 1 radical (unpaired) electrons. The maximum absolute atomic E-state index is 3.85. The van der Waals surface area contributed by atoms with Crippen molar-refractivity contribution in [2.45, 2.75) is 32.6 Å². The van der Waals surface area contributed by atoms with Crippen LogP contribution in [0.1, 0.15) is 42.4 Å². The summed E-state index contributed by atoms with van der Waals surface area (Å²) in [7, 11) is 0. The zero-order chi connectivity index (χ0) is 10.1. The molecule has 2 rings (SSSR count). The Balaban J connectivity index is 2.42. The van der Waals surface area contributed by atoms with Crippen molar-refractivity contribution < 1.29 is 0 Å². The van der Waals surface area contributed by atoms with Crippen LogP contribution in [-0.4, -0.2) is 0 Å². The van der Waals surface area contributed by atoms with Crippen molar-refractivity contribution in [3.05, 3.63) is 53.5 Å². The summed E-state index contributed by atoms with van der Waals surface area (Å²) in [5, 5.41) is 0. The molecule has 0 aromatic heterocycles. The molecule has 1 saturated carbocycles. The van der Waals surface area contributed by atoms with E-state index in [0.29, 0.717) is 0 Å². The minimum Gasteiger partial charge on any atom is -0.102 e. The van der Waals surface area contributed by atoms with E-state index in [1.807, 2.05) is 6.08 Å². The maximum Gasteiger partial charge on any atom is 0.0233 e. The van der Waals surface area contributed by atoms with E-state index in [-0.39, 0.29) is 0 Å². The highest BCUT2D eigenvalue weighted by atomic mass is 14.3. The quantitative estimate of drug-likeness (QED) is 0.667. The van der Waals surface area contributed by atoms with Crippen molar-refractivity contribution in [1.82, 2.24) is 0 Å². The van der Waals surface area contributed by atoms with Crippen LogP contribution in [0.2, 0.25) is 0 Å². The highest BCUT2D eigenvalue weighted by molar-refractivity contribution is 5.46. The number of hydrogen-bond acceptors (Lipinski definition) is 0. The Morgan fingerprint density at radius 3 is 2.71 bits per heavy atom. The van der Waals surface area contributed by atoms with Crippen LogP contribution in [0.3, 0.4) is 0 Å². The van der Waals surface area contributed by atoms with E-state index in [0.717, 1.165) is 5.92 Å². The number of allylic oxidation sites excluding steroid dienone is 1. The highest BCUT2D eigenvalue weighted by Crippen LogP contribution is 2.43. The molecule has 73 valence electrons. The summed E-state index contributed by atoms with van der Waals surface area (Å²) in [6.45, 7) is 8.15. The number of hydrogen-bond donors (Lipinski definition) is 0. The molecule has 0 nitrogen and oxygen atoms in total. The first-order chi connectivity index (χ1) is 6.72. The van der Waals surface area contributed by atoms with Gasteiger partial charge in [0.15, 0.2) is 0 Å². The molecular formula is C14H17. The second-order valence-corrected chi connectivity index (χ2v) is 4.25. The molecule has 14 heavy (non-hydrogen) atoms. The van der Waals surface area contributed by atoms with Gasteiger partial charge in [0.2, 0.25) is 0 Å². The molecule has 1 fully saturated rings. The fraction of sp³-hybridized carbons (Fsp3) is 0.357. The molecule has 0 aliphatic heterocycles. The van der Waals surface area contributed by atoms with Gasteiger partial charge in [0, 0.05) is 5.92 Å². The molecule has 0 atom stereocenters. The lowest BCUT2D eigenvalue weighted by Gasteiger charge is -2.13. The molecule has 0 heteroatoms. The lowest BCUT2D eigenvalue weighted by molar-refractivity contribution is 1.07. The fourth-order valence-electron chi connectivity index (χ4n) is 1.87. The number of aryl methyl sites for hydroxylation is 1. The van der Waals surface area contributed by atoms with Crippen molar-refractivity contribution in [2.24, 2.45) is 0 Å². The van der Waals surface area contributed by atoms with Crippen LogP contribution in [0.25, 0.3) is 0 Å². The third kappa shape index (κ3) is 1.75. The fourth-order valence-corrected chi connectivity index (χ4v) is 1.87. The lowest BCUT2D eigenvalue weighted by atomic mass is 9.92. The van der Waals surface area contributed by atoms with Crippen molar-refractivity contribution >= 4 is 0 Å². The first kappa shape index (κ1) is 9.51. The molecule has 0 spiro atoms. The van der Waals surface area contributed by atoms with Crippen molar-refractivity contribution in [3.8, 4) is 0 Å². The lowest BCUT2D eigenvalue weighted by Crippen LogP contribution is -1.97. The maximum atomic E-state index is 3.85. The van der Waals surface area contributed by atoms with E-state index in [1.165, 1.54) is 35.4 Å². The Kier molecular flexibility index (Phi) is 2.45. The zero-order valence-corrected chi connectivity index (χ0v) is 9.01. The molecule has 1 aliphatic carbocycles. The largest absolute Gasteiger partial charge is 0.102 e. The van der Waals surface area contributed by atoms with E-state index in [2.05, 4.69) is 38.6 Å². The zero-order valence-electron chi connectivity index (χ0n) is 9.01. The van der Waals surface area contributed by atoms with Gasteiger partial charge in [-0.15, -0.1) is 6.58 Å². The molecule has 0 unspecified atom stereocenters. The normalized spacial score (nSPS) is 15.9. The summed E-state index contributed by atoms with van der Waals surface area (Å²) >= 11 is 0. The summed E-state index contributed by atoms with van der Waals surface area (Å²) in [6, 6.07) is 6.79. The van der Waals surface area contributed by atoms with Gasteiger partial charge in [-0.1, -0.05) is 36.8 Å². The second-order valence-electron chi connectivity index (χ2n) is 4.25. The van der Waals surface area contributed by atoms with Gasteiger partial charge in [0.1, 0.15) is 0 Å². The summed E-state index contributed by atoms with van der Waals surface area (Å²) in [4.78, 5) is 0. The minimum absolute atomic E-state index is 0.820. The van der Waals surface area contributed by atoms with E-state index in [1.54, 1.807) is 0 Å². The van der Waals surface area contributed by atoms with Gasteiger partial charge in [-0.05, 0) is 36.8 Å². The van der Waals surface area contributed by atoms with Crippen LogP contribution in [0, 0.1) is 12.8 Å². The van der Waals surface area contributed by atoms with Crippen LogP contribution in [-0.2, 0) is 0 Å². The first-order valence-electron chi connectivity index (χ1n) is 5.29. The molecule has 1 aromatic rings. The van der Waals surface area contributed by atoms with Gasteiger partial charge in [0.25, 0.3) is 0 Å². The van der Waals surface area contributed by atoms with Crippen molar-refractivity contribution in [2.75, 3.05) is 0 Å². The summed E-state index contributed by atoms with van der Waals surface area (Å²) in [5.74, 6) is 2.12. The average molecular weight is 185 g/mol. The Hall–Kier alpha value is -1.04. The smallest absolute Gasteiger partial charge is 0.0233 e. The third-order valence-electron chi connectivity index (χ3n) is 2.96. The molecule has 1 aliphatic rings. The Morgan fingerprint density at radius 1 is 1.43 bits per heavy atom. The summed E-state index contributed by atoms with van der Waals surface area (Å²) < 4.78 is 0. The van der Waals surface area contributed by atoms with Gasteiger partial charge >= 0.3 is 0 Å². The van der Waals surface area contributed by atoms with Crippen LogP contribution in [0.4, 0.5) is 0 Å². The molecule has 0 amide bonds. The third-order valence-corrected chi connectivity index (χ3v) is 2.96. The van der Waals surface area contributed by atoms with Gasteiger partial charge in [0.05, 0.1) is 0 Å². The minimum atomic E-state index is 0.820. The van der Waals surface area contributed by atoms with Crippen molar-refractivity contribution in [3.63, 3.8) is 0 Å². The number of rotatable bonds is 3. The van der Waals surface area contributed by atoms with Gasteiger partial charge in [-0.2, -0.15) is 0 Å². The van der Waals surface area contributed by atoms with Crippen LogP contribution in [0.15, 0.2) is 30.9 Å². The standard InChI is InChI=1S/C14H17/c1-4-11(3)14-9-10(2)5-8-13(14)12-6-7-12/h4-5,8-9,12H,1,6-7H2,2-3H3. The Bertz CT molecular complexity index is 345. The van der Waals surface area contributed by atoms with E-state index < -0.39 is 0 Å². The molecular weight excluding hydrogens is 168 g/mol. The van der Waals surface area contributed by atoms with Crippen LogP contribution < -0.4 is 0 Å². The van der Waals surface area contributed by atoms with Gasteiger partial charge < -0.3 is 0 Å². The van der Waals surface area contributed by atoms with Gasteiger partial charge in [-0.3, -0.25) is 0 Å². The van der Waals surface area contributed by atoms with E-state index >= 15 is 0 Å². The summed E-state index contributed by atoms with van der Waals surface area (Å²) in [5.41, 5.74) is 4.26. The SMILES string of the molecule is C=C[C](C)c1cc(C)ccc1C1CC1. The summed E-state index contributed by atoms with van der Waals surface area (Å²) in [6.07, 6.45) is 4.68. The van der Waals surface area contributed by atoms with E-state index in [4.69, 9.17) is 0 Å². The average Bonchev–Trinajstić information content (AvgIpc) is 3.00. The topological polar surface area (TPSA) is 0 Å². The van der Waals surface area contributed by atoms with Gasteiger partial charge in [-0.25, -0.2) is 0 Å².